The van der Waals surface area contributed by atoms with E-state index in [4.69, 9.17) is 22.1 Å². The van der Waals surface area contributed by atoms with Crippen LogP contribution < -0.4 is 5.73 Å². The third kappa shape index (κ3) is 8.63. The summed E-state index contributed by atoms with van der Waals surface area (Å²) in [5.74, 6) is 2.79. The summed E-state index contributed by atoms with van der Waals surface area (Å²) in [5, 5.41) is 0.127. The van der Waals surface area contributed by atoms with Crippen LogP contribution in [0, 0.1) is 5.92 Å². The number of halogens is 1. The molecule has 3 unspecified atom stereocenters. The number of hydrogen-bond acceptors (Lipinski definition) is 3. The average Bonchev–Trinajstić information content (AvgIpc) is 2.37. The number of hydrogen-bond donors (Lipinski definition) is 1. The Bertz CT molecular complexity index is 183. The van der Waals surface area contributed by atoms with Gasteiger partial charge in [-0.25, -0.2) is 0 Å². The van der Waals surface area contributed by atoms with Gasteiger partial charge in [0.15, 0.2) is 0 Å². The molecular formula is C14H30ClNOS. The summed E-state index contributed by atoms with van der Waals surface area (Å²) >= 11 is 8.43. The lowest BCUT2D eigenvalue weighted by Gasteiger charge is -2.26. The van der Waals surface area contributed by atoms with E-state index in [9.17, 15) is 0 Å². The highest BCUT2D eigenvalue weighted by atomic mass is 35.5. The van der Waals surface area contributed by atoms with Crippen molar-refractivity contribution in [2.24, 2.45) is 11.7 Å². The Kier molecular flexibility index (Phi) is 13.0. The fourth-order valence-corrected chi connectivity index (χ4v) is 3.37. The molecule has 0 aromatic carbocycles. The first-order valence-electron chi connectivity index (χ1n) is 7.22. The normalized spacial score (nSPS) is 16.5. The lowest BCUT2D eigenvalue weighted by molar-refractivity contribution is 0.164. The molecule has 0 aliphatic rings. The van der Waals surface area contributed by atoms with Crippen LogP contribution >= 0.6 is 23.4 Å². The molecule has 110 valence electrons. The molecule has 4 heteroatoms. The van der Waals surface area contributed by atoms with Crippen LogP contribution in [0.1, 0.15) is 46.5 Å². The van der Waals surface area contributed by atoms with E-state index in [1.807, 2.05) is 18.7 Å². The van der Waals surface area contributed by atoms with Crippen LogP contribution in [0.5, 0.6) is 0 Å². The molecule has 3 atom stereocenters. The standard InChI is InChI=1S/C14H30ClNOS/c1-4-7-13(16)14(15)12(5-2)8-10-18-11-9-17-6-3/h12-14H,4-11,16H2,1-3H3. The molecule has 0 aliphatic carbocycles. The molecule has 0 fully saturated rings. The smallest absolute Gasteiger partial charge is 0.0556 e. The molecule has 2 nitrogen and oxygen atoms in total. The van der Waals surface area contributed by atoms with Gasteiger partial charge in [0.1, 0.15) is 0 Å². The molecule has 0 saturated carbocycles. The summed E-state index contributed by atoms with van der Waals surface area (Å²) in [6.07, 6.45) is 4.43. The van der Waals surface area contributed by atoms with E-state index in [0.29, 0.717) is 5.92 Å². The van der Waals surface area contributed by atoms with Gasteiger partial charge in [-0.2, -0.15) is 11.8 Å². The maximum absolute atomic E-state index is 6.48. The second kappa shape index (κ2) is 12.6. The molecule has 0 amide bonds. The zero-order valence-electron chi connectivity index (χ0n) is 12.2. The van der Waals surface area contributed by atoms with E-state index in [-0.39, 0.29) is 11.4 Å². The van der Waals surface area contributed by atoms with E-state index >= 15 is 0 Å². The molecule has 0 saturated heterocycles. The highest BCUT2D eigenvalue weighted by Crippen LogP contribution is 2.24. The van der Waals surface area contributed by atoms with Crippen molar-refractivity contribution in [3.8, 4) is 0 Å². The molecule has 0 aromatic rings. The first-order valence-corrected chi connectivity index (χ1v) is 8.81. The lowest BCUT2D eigenvalue weighted by atomic mass is 9.92. The molecule has 0 spiro atoms. The third-order valence-electron chi connectivity index (χ3n) is 3.21. The molecule has 18 heavy (non-hydrogen) atoms. The Balaban J connectivity index is 3.74. The highest BCUT2D eigenvalue weighted by Gasteiger charge is 2.23. The largest absolute Gasteiger partial charge is 0.381 e. The number of ether oxygens (including phenoxy) is 1. The Labute approximate surface area is 122 Å². The molecule has 2 N–H and O–H groups in total. The van der Waals surface area contributed by atoms with Gasteiger partial charge in [-0.05, 0) is 31.4 Å². The SMILES string of the molecule is CCCC(N)C(Cl)C(CC)CCSCCOCC. The number of nitrogens with two attached hydrogens (primary N) is 1. The highest BCUT2D eigenvalue weighted by molar-refractivity contribution is 7.99. The molecular weight excluding hydrogens is 266 g/mol. The van der Waals surface area contributed by atoms with E-state index in [0.717, 1.165) is 44.0 Å². The number of alkyl halides is 1. The van der Waals surface area contributed by atoms with E-state index < -0.39 is 0 Å². The number of rotatable bonds is 12. The summed E-state index contributed by atoms with van der Waals surface area (Å²) in [6, 6.07) is 0.148. The molecule has 0 heterocycles. The fourth-order valence-electron chi connectivity index (χ4n) is 2.03. The Morgan fingerprint density at radius 3 is 2.44 bits per heavy atom. The summed E-state index contributed by atoms with van der Waals surface area (Å²) in [7, 11) is 0. The second-order valence-electron chi connectivity index (χ2n) is 4.66. The monoisotopic (exact) mass is 295 g/mol. The van der Waals surface area contributed by atoms with Gasteiger partial charge in [0.05, 0.1) is 12.0 Å². The van der Waals surface area contributed by atoms with Gasteiger partial charge >= 0.3 is 0 Å². The van der Waals surface area contributed by atoms with Crippen LogP contribution in [0.25, 0.3) is 0 Å². The lowest BCUT2D eigenvalue weighted by Crippen LogP contribution is -2.36. The van der Waals surface area contributed by atoms with Gasteiger partial charge < -0.3 is 10.5 Å². The Hall–Kier alpha value is 0.560. The van der Waals surface area contributed by atoms with Crippen LogP contribution in [0.4, 0.5) is 0 Å². The molecule has 0 bridgehead atoms. The van der Waals surface area contributed by atoms with Gasteiger partial charge in [-0.15, -0.1) is 11.6 Å². The van der Waals surface area contributed by atoms with Crippen LogP contribution in [-0.2, 0) is 4.74 Å². The maximum atomic E-state index is 6.48. The van der Waals surface area contributed by atoms with Gasteiger partial charge in [0.25, 0.3) is 0 Å². The van der Waals surface area contributed by atoms with Crippen molar-refractivity contribution in [3.05, 3.63) is 0 Å². The summed E-state index contributed by atoms with van der Waals surface area (Å²) < 4.78 is 5.32. The summed E-state index contributed by atoms with van der Waals surface area (Å²) in [4.78, 5) is 0. The van der Waals surface area contributed by atoms with E-state index in [2.05, 4.69) is 13.8 Å². The molecule has 0 aliphatic heterocycles. The molecule has 0 rings (SSSR count). The quantitative estimate of drug-likeness (QED) is 0.438. The number of thioether (sulfide) groups is 1. The molecule has 0 aromatic heterocycles. The zero-order valence-corrected chi connectivity index (χ0v) is 13.7. The average molecular weight is 296 g/mol. The summed E-state index contributed by atoms with van der Waals surface area (Å²) in [5.41, 5.74) is 6.12. The Morgan fingerprint density at radius 2 is 1.89 bits per heavy atom. The van der Waals surface area contributed by atoms with Crippen molar-refractivity contribution in [1.82, 2.24) is 0 Å². The minimum Gasteiger partial charge on any atom is -0.381 e. The van der Waals surface area contributed by atoms with Crippen LogP contribution in [-0.4, -0.2) is 36.1 Å². The van der Waals surface area contributed by atoms with E-state index in [1.165, 1.54) is 6.42 Å². The summed E-state index contributed by atoms with van der Waals surface area (Å²) in [6.45, 7) is 8.08. The van der Waals surface area contributed by atoms with Crippen molar-refractivity contribution >= 4 is 23.4 Å². The van der Waals surface area contributed by atoms with Crippen molar-refractivity contribution in [3.63, 3.8) is 0 Å². The van der Waals surface area contributed by atoms with Crippen LogP contribution in [0.2, 0.25) is 0 Å². The van der Waals surface area contributed by atoms with Crippen molar-refractivity contribution in [2.75, 3.05) is 24.7 Å². The predicted octanol–water partition coefficient (Wildman–Crippen LogP) is 3.91. The minimum atomic E-state index is 0.127. The van der Waals surface area contributed by atoms with Crippen molar-refractivity contribution < 1.29 is 4.74 Å². The first-order chi connectivity index (χ1) is 8.67. The van der Waals surface area contributed by atoms with Gasteiger partial charge in [-0.1, -0.05) is 26.7 Å². The van der Waals surface area contributed by atoms with Gasteiger partial charge in [0.2, 0.25) is 0 Å². The minimum absolute atomic E-state index is 0.127. The van der Waals surface area contributed by atoms with Crippen LogP contribution in [0.15, 0.2) is 0 Å². The van der Waals surface area contributed by atoms with Gasteiger partial charge in [0, 0.05) is 18.4 Å². The molecule has 0 radical (unpaired) electrons. The zero-order chi connectivity index (χ0) is 13.8. The van der Waals surface area contributed by atoms with Crippen molar-refractivity contribution in [2.45, 2.75) is 57.9 Å². The van der Waals surface area contributed by atoms with Crippen molar-refractivity contribution in [1.29, 1.82) is 0 Å². The van der Waals surface area contributed by atoms with Crippen LogP contribution in [0.3, 0.4) is 0 Å². The second-order valence-corrected chi connectivity index (χ2v) is 6.39. The Morgan fingerprint density at radius 1 is 1.17 bits per heavy atom. The van der Waals surface area contributed by atoms with E-state index in [1.54, 1.807) is 0 Å². The topological polar surface area (TPSA) is 35.2 Å². The maximum Gasteiger partial charge on any atom is 0.0556 e. The third-order valence-corrected chi connectivity index (χ3v) is 4.87. The predicted molar refractivity (Wildman–Crippen MR) is 84.7 cm³/mol. The van der Waals surface area contributed by atoms with Gasteiger partial charge in [-0.3, -0.25) is 0 Å². The first kappa shape index (κ1) is 18.6. The fraction of sp³-hybridized carbons (Fsp3) is 1.00.